The van der Waals surface area contributed by atoms with Crippen molar-refractivity contribution in [1.29, 1.82) is 5.26 Å². The number of hydrogen-bond donors (Lipinski definition) is 1. The first-order valence-corrected chi connectivity index (χ1v) is 11.0. The maximum Gasteiger partial charge on any atom is 0.253 e. The van der Waals surface area contributed by atoms with Crippen molar-refractivity contribution in [3.8, 4) is 6.07 Å². The lowest BCUT2D eigenvalue weighted by atomic mass is 10.0. The van der Waals surface area contributed by atoms with Crippen LogP contribution in [0.15, 0.2) is 48.5 Å². The van der Waals surface area contributed by atoms with E-state index in [-0.39, 0.29) is 24.4 Å². The Morgan fingerprint density at radius 1 is 1.19 bits per heavy atom. The topological polar surface area (TPSA) is 76.4 Å². The summed E-state index contributed by atoms with van der Waals surface area (Å²) < 4.78 is 0. The number of nitrogens with one attached hydrogen (secondary N) is 1. The van der Waals surface area contributed by atoms with E-state index in [0.29, 0.717) is 34.9 Å². The van der Waals surface area contributed by atoms with E-state index >= 15 is 0 Å². The molecule has 0 radical (unpaired) electrons. The zero-order valence-corrected chi connectivity index (χ0v) is 18.4. The number of likely N-dealkylation sites (tertiary alicyclic amines) is 1. The van der Waals surface area contributed by atoms with Crippen LogP contribution in [0, 0.1) is 11.3 Å². The number of hydrogen-bond acceptors (Lipinski definition) is 4. The summed E-state index contributed by atoms with van der Waals surface area (Å²) in [6, 6.07) is 16.5. The lowest BCUT2D eigenvalue weighted by molar-refractivity contribution is -0.118. The molecule has 1 fully saturated rings. The van der Waals surface area contributed by atoms with Gasteiger partial charge in [-0.1, -0.05) is 36.7 Å². The number of carbonyl (C=O) groups excluding carboxylic acids is 2. The van der Waals surface area contributed by atoms with Gasteiger partial charge < -0.3 is 10.2 Å². The van der Waals surface area contributed by atoms with Crippen LogP contribution >= 0.6 is 11.6 Å². The van der Waals surface area contributed by atoms with Crippen molar-refractivity contribution in [2.75, 3.05) is 31.5 Å². The van der Waals surface area contributed by atoms with Crippen LogP contribution in [0.4, 0.5) is 5.69 Å². The molecular formula is C24H27ClN4O2. The number of halogens is 1. The molecule has 1 heterocycles. The fourth-order valence-electron chi connectivity index (χ4n) is 3.94. The summed E-state index contributed by atoms with van der Waals surface area (Å²) in [5.74, 6) is -0.0476. The second-order valence-corrected chi connectivity index (χ2v) is 8.12. The van der Waals surface area contributed by atoms with Crippen LogP contribution < -0.4 is 5.32 Å². The van der Waals surface area contributed by atoms with Crippen LogP contribution in [-0.2, 0) is 4.79 Å². The molecule has 0 bridgehead atoms. The number of carbonyl (C=O) groups is 2. The molecule has 1 saturated heterocycles. The van der Waals surface area contributed by atoms with E-state index in [9.17, 15) is 9.59 Å². The third-order valence-corrected chi connectivity index (χ3v) is 5.83. The summed E-state index contributed by atoms with van der Waals surface area (Å²) in [6.07, 6.45) is 2.63. The van der Waals surface area contributed by atoms with Crippen LogP contribution in [0.5, 0.6) is 0 Å². The van der Waals surface area contributed by atoms with Crippen LogP contribution in [0.3, 0.4) is 0 Å². The van der Waals surface area contributed by atoms with Gasteiger partial charge in [0.2, 0.25) is 5.91 Å². The highest BCUT2D eigenvalue weighted by Crippen LogP contribution is 2.21. The van der Waals surface area contributed by atoms with Gasteiger partial charge in [0.1, 0.15) is 6.07 Å². The largest absolute Gasteiger partial charge is 0.339 e. The molecule has 1 N–H and O–H groups in total. The Kier molecular flexibility index (Phi) is 8.05. The molecule has 1 aliphatic rings. The summed E-state index contributed by atoms with van der Waals surface area (Å²) in [5.41, 5.74) is 1.67. The van der Waals surface area contributed by atoms with Crippen molar-refractivity contribution in [2.45, 2.75) is 32.2 Å². The van der Waals surface area contributed by atoms with Gasteiger partial charge in [0.05, 0.1) is 17.1 Å². The number of amides is 2. The zero-order valence-electron chi connectivity index (χ0n) is 17.7. The van der Waals surface area contributed by atoms with Gasteiger partial charge in [0, 0.05) is 30.4 Å². The predicted octanol–water partition coefficient (Wildman–Crippen LogP) is 4.17. The van der Waals surface area contributed by atoms with E-state index in [0.717, 1.165) is 25.8 Å². The monoisotopic (exact) mass is 438 g/mol. The molecule has 162 valence electrons. The molecule has 6 nitrogen and oxygen atoms in total. The molecule has 0 atom stereocenters. The molecule has 0 aliphatic carbocycles. The van der Waals surface area contributed by atoms with Gasteiger partial charge in [-0.3, -0.25) is 14.5 Å². The fraction of sp³-hybridized carbons (Fsp3) is 0.375. The first kappa shape index (κ1) is 22.8. The molecule has 0 spiro atoms. The Hall–Kier alpha value is -2.88. The van der Waals surface area contributed by atoms with Crippen molar-refractivity contribution in [1.82, 2.24) is 9.80 Å². The summed E-state index contributed by atoms with van der Waals surface area (Å²) in [7, 11) is 0. The molecule has 31 heavy (non-hydrogen) atoms. The van der Waals surface area contributed by atoms with E-state index in [1.807, 2.05) is 41.3 Å². The van der Waals surface area contributed by atoms with Crippen molar-refractivity contribution in [3.63, 3.8) is 0 Å². The van der Waals surface area contributed by atoms with Crippen LogP contribution in [0.1, 0.15) is 42.1 Å². The van der Waals surface area contributed by atoms with Crippen molar-refractivity contribution >= 4 is 29.1 Å². The number of piperidine rings is 1. The average molecular weight is 439 g/mol. The van der Waals surface area contributed by atoms with Crippen molar-refractivity contribution in [2.24, 2.45) is 0 Å². The molecule has 1 aliphatic heterocycles. The van der Waals surface area contributed by atoms with E-state index < -0.39 is 0 Å². The predicted molar refractivity (Wildman–Crippen MR) is 122 cm³/mol. The van der Waals surface area contributed by atoms with Gasteiger partial charge in [-0.15, -0.1) is 0 Å². The molecular weight excluding hydrogens is 412 g/mol. The first-order chi connectivity index (χ1) is 15.0. The molecule has 0 saturated carbocycles. The van der Waals surface area contributed by atoms with Gasteiger partial charge in [-0.05, 0) is 56.1 Å². The second kappa shape index (κ2) is 10.9. The summed E-state index contributed by atoms with van der Waals surface area (Å²) in [6.45, 7) is 4.57. The minimum Gasteiger partial charge on any atom is -0.339 e. The quantitative estimate of drug-likeness (QED) is 0.703. The van der Waals surface area contributed by atoms with E-state index in [1.54, 1.807) is 18.2 Å². The fourth-order valence-corrected chi connectivity index (χ4v) is 4.17. The van der Waals surface area contributed by atoms with E-state index in [4.69, 9.17) is 16.9 Å². The summed E-state index contributed by atoms with van der Waals surface area (Å²) in [4.78, 5) is 29.4. The minimum absolute atomic E-state index is 0.0662. The Balaban J connectivity index is 1.56. The molecule has 2 aromatic carbocycles. The van der Waals surface area contributed by atoms with E-state index in [1.165, 1.54) is 0 Å². The highest BCUT2D eigenvalue weighted by atomic mass is 35.5. The SMILES string of the molecule is CCCN(CC(=O)Nc1ccc(C#N)c(Cl)c1)C1CCN(C(=O)c2ccccc2)CC1. The number of rotatable bonds is 7. The number of anilines is 1. The number of nitriles is 1. The molecule has 2 amide bonds. The molecule has 3 rings (SSSR count). The minimum atomic E-state index is -0.114. The van der Waals surface area contributed by atoms with Crippen LogP contribution in [-0.4, -0.2) is 53.8 Å². The third kappa shape index (κ3) is 6.06. The van der Waals surface area contributed by atoms with Gasteiger partial charge in [0.25, 0.3) is 5.91 Å². The van der Waals surface area contributed by atoms with Crippen molar-refractivity contribution < 1.29 is 9.59 Å². The molecule has 0 aromatic heterocycles. The zero-order chi connectivity index (χ0) is 22.2. The Labute approximate surface area is 188 Å². The second-order valence-electron chi connectivity index (χ2n) is 7.71. The maximum absolute atomic E-state index is 12.7. The lowest BCUT2D eigenvalue weighted by Crippen LogP contribution is -2.49. The van der Waals surface area contributed by atoms with Gasteiger partial charge >= 0.3 is 0 Å². The normalized spacial score (nSPS) is 14.3. The first-order valence-electron chi connectivity index (χ1n) is 10.6. The summed E-state index contributed by atoms with van der Waals surface area (Å²) >= 11 is 6.06. The molecule has 0 unspecified atom stereocenters. The van der Waals surface area contributed by atoms with E-state index in [2.05, 4.69) is 17.1 Å². The van der Waals surface area contributed by atoms with Gasteiger partial charge in [-0.25, -0.2) is 0 Å². The smallest absolute Gasteiger partial charge is 0.253 e. The number of benzene rings is 2. The standard InChI is InChI=1S/C24H27ClN4O2/c1-2-12-29(17-23(30)27-20-9-8-19(16-26)22(25)15-20)21-10-13-28(14-11-21)24(31)18-6-4-3-5-7-18/h3-9,15,21H,2,10-14,17H2,1H3,(H,27,30). The van der Waals surface area contributed by atoms with Crippen LogP contribution in [0.25, 0.3) is 0 Å². The number of nitrogens with zero attached hydrogens (tertiary/aromatic N) is 3. The summed E-state index contributed by atoms with van der Waals surface area (Å²) in [5, 5.41) is 12.2. The average Bonchev–Trinajstić information content (AvgIpc) is 2.79. The lowest BCUT2D eigenvalue weighted by Gasteiger charge is -2.38. The maximum atomic E-state index is 12.7. The Morgan fingerprint density at radius 3 is 2.52 bits per heavy atom. The molecule has 2 aromatic rings. The highest BCUT2D eigenvalue weighted by molar-refractivity contribution is 6.32. The molecule has 7 heteroatoms. The Bertz CT molecular complexity index is 950. The van der Waals surface area contributed by atoms with Gasteiger partial charge in [0.15, 0.2) is 0 Å². The third-order valence-electron chi connectivity index (χ3n) is 5.52. The van der Waals surface area contributed by atoms with Crippen LogP contribution in [0.2, 0.25) is 5.02 Å². The van der Waals surface area contributed by atoms with Crippen molar-refractivity contribution in [3.05, 3.63) is 64.7 Å². The highest BCUT2D eigenvalue weighted by Gasteiger charge is 2.28. The van der Waals surface area contributed by atoms with Gasteiger partial charge in [-0.2, -0.15) is 5.26 Å². The Morgan fingerprint density at radius 2 is 1.90 bits per heavy atom.